The van der Waals surface area contributed by atoms with E-state index in [0.717, 1.165) is 13.1 Å². The van der Waals surface area contributed by atoms with Gasteiger partial charge in [0.05, 0.1) is 12.6 Å². The molecule has 0 spiro atoms. The van der Waals surface area contributed by atoms with Crippen LogP contribution in [0, 0.1) is 0 Å². The number of hydrogen-bond acceptors (Lipinski definition) is 4. The number of amides is 1. The second kappa shape index (κ2) is 8.44. The quantitative estimate of drug-likeness (QED) is 0.545. The molecule has 0 radical (unpaired) electrons. The summed E-state index contributed by atoms with van der Waals surface area (Å²) < 4.78 is 4.88. The minimum absolute atomic E-state index is 0.0397. The van der Waals surface area contributed by atoms with Gasteiger partial charge in [0.1, 0.15) is 0 Å². The van der Waals surface area contributed by atoms with Gasteiger partial charge in [-0.15, -0.1) is 0 Å². The summed E-state index contributed by atoms with van der Waals surface area (Å²) in [5.41, 5.74) is 0. The van der Waals surface area contributed by atoms with Gasteiger partial charge < -0.3 is 20.7 Å². The molecule has 0 aliphatic carbocycles. The molecule has 3 N–H and O–H groups in total. The van der Waals surface area contributed by atoms with Crippen molar-refractivity contribution < 1.29 is 9.53 Å². The number of carbonyl (C=O) groups excluding carboxylic acids is 1. The van der Waals surface area contributed by atoms with Crippen LogP contribution in [0.5, 0.6) is 0 Å². The summed E-state index contributed by atoms with van der Waals surface area (Å²) in [5.74, 6) is 0.0397. The highest BCUT2D eigenvalue weighted by atomic mass is 16.5. The maximum Gasteiger partial charge on any atom is 0.236 e. The van der Waals surface area contributed by atoms with Crippen molar-refractivity contribution in [3.63, 3.8) is 0 Å². The maximum atomic E-state index is 11.6. The van der Waals surface area contributed by atoms with Crippen LogP contribution in [0.15, 0.2) is 0 Å². The van der Waals surface area contributed by atoms with E-state index in [0.29, 0.717) is 19.2 Å². The summed E-state index contributed by atoms with van der Waals surface area (Å²) in [6.07, 6.45) is 3.75. The molecule has 2 atom stereocenters. The lowest BCUT2D eigenvalue weighted by atomic mass is 10.0. The van der Waals surface area contributed by atoms with Crippen molar-refractivity contribution in [1.29, 1.82) is 0 Å². The van der Waals surface area contributed by atoms with Gasteiger partial charge in [0.25, 0.3) is 0 Å². The molecule has 0 aromatic carbocycles. The fraction of sp³-hybridized carbons (Fsp3) is 0.917. The molecule has 0 aromatic heterocycles. The monoisotopic (exact) mass is 243 g/mol. The first-order chi connectivity index (χ1) is 8.24. The average molecular weight is 243 g/mol. The Hall–Kier alpha value is -0.650. The largest absolute Gasteiger partial charge is 0.383 e. The first-order valence-electron chi connectivity index (χ1n) is 6.47. The van der Waals surface area contributed by atoms with Crippen molar-refractivity contribution in [2.45, 2.75) is 38.3 Å². The van der Waals surface area contributed by atoms with Crippen LogP contribution in [0.25, 0.3) is 0 Å². The van der Waals surface area contributed by atoms with E-state index in [9.17, 15) is 4.79 Å². The zero-order valence-corrected chi connectivity index (χ0v) is 10.9. The SMILES string of the molecule is COCCNC(=O)C(C)NCC1CCCCN1. The minimum atomic E-state index is -0.143. The van der Waals surface area contributed by atoms with Crippen molar-refractivity contribution >= 4 is 5.91 Å². The van der Waals surface area contributed by atoms with Gasteiger partial charge in [-0.25, -0.2) is 0 Å². The average Bonchev–Trinajstić information content (AvgIpc) is 2.37. The Morgan fingerprint density at radius 1 is 1.53 bits per heavy atom. The van der Waals surface area contributed by atoms with Crippen LogP contribution >= 0.6 is 0 Å². The van der Waals surface area contributed by atoms with Crippen molar-refractivity contribution in [3.05, 3.63) is 0 Å². The van der Waals surface area contributed by atoms with Gasteiger partial charge >= 0.3 is 0 Å². The van der Waals surface area contributed by atoms with Crippen LogP contribution in [0.2, 0.25) is 0 Å². The molecular formula is C12H25N3O2. The van der Waals surface area contributed by atoms with Gasteiger partial charge in [0, 0.05) is 26.2 Å². The van der Waals surface area contributed by atoms with Crippen molar-refractivity contribution in [3.8, 4) is 0 Å². The first-order valence-corrected chi connectivity index (χ1v) is 6.47. The zero-order valence-electron chi connectivity index (χ0n) is 10.9. The summed E-state index contributed by atoms with van der Waals surface area (Å²) in [4.78, 5) is 11.6. The van der Waals surface area contributed by atoms with Gasteiger partial charge in [-0.3, -0.25) is 4.79 Å². The number of hydrogen-bond donors (Lipinski definition) is 3. The van der Waals surface area contributed by atoms with Crippen molar-refractivity contribution in [2.24, 2.45) is 0 Å². The smallest absolute Gasteiger partial charge is 0.236 e. The normalized spacial score (nSPS) is 22.1. The van der Waals surface area contributed by atoms with E-state index in [-0.39, 0.29) is 11.9 Å². The van der Waals surface area contributed by atoms with Crippen LogP contribution in [-0.4, -0.2) is 51.3 Å². The van der Waals surface area contributed by atoms with E-state index in [1.807, 2.05) is 6.92 Å². The Morgan fingerprint density at radius 3 is 3.00 bits per heavy atom. The highest BCUT2D eigenvalue weighted by molar-refractivity contribution is 5.81. The third kappa shape index (κ3) is 6.00. The second-order valence-electron chi connectivity index (χ2n) is 4.56. The van der Waals surface area contributed by atoms with Crippen LogP contribution in [-0.2, 0) is 9.53 Å². The molecule has 17 heavy (non-hydrogen) atoms. The Bertz CT molecular complexity index is 218. The number of carbonyl (C=O) groups is 1. The molecule has 1 rings (SSSR count). The van der Waals surface area contributed by atoms with E-state index in [2.05, 4.69) is 16.0 Å². The standard InChI is InChI=1S/C12H25N3O2/c1-10(12(16)14-7-8-17-2)15-9-11-5-3-4-6-13-11/h10-11,13,15H,3-9H2,1-2H3,(H,14,16). The lowest BCUT2D eigenvalue weighted by molar-refractivity contribution is -0.122. The number of ether oxygens (including phenoxy) is 1. The lowest BCUT2D eigenvalue weighted by Crippen LogP contribution is -2.49. The zero-order chi connectivity index (χ0) is 12.5. The molecule has 2 unspecified atom stereocenters. The predicted molar refractivity (Wildman–Crippen MR) is 68.0 cm³/mol. The second-order valence-corrected chi connectivity index (χ2v) is 4.56. The molecule has 5 heteroatoms. The van der Waals surface area contributed by atoms with Crippen LogP contribution in [0.3, 0.4) is 0 Å². The van der Waals surface area contributed by atoms with Crippen LogP contribution in [0.1, 0.15) is 26.2 Å². The molecule has 1 amide bonds. The lowest BCUT2D eigenvalue weighted by Gasteiger charge is -2.25. The molecular weight excluding hydrogens is 218 g/mol. The molecule has 1 aliphatic rings. The minimum Gasteiger partial charge on any atom is -0.383 e. The molecule has 1 heterocycles. The van der Waals surface area contributed by atoms with Crippen molar-refractivity contribution in [1.82, 2.24) is 16.0 Å². The first kappa shape index (κ1) is 14.4. The molecule has 0 bridgehead atoms. The predicted octanol–water partition coefficient (Wildman–Crippen LogP) is -0.131. The topological polar surface area (TPSA) is 62.4 Å². The highest BCUT2D eigenvalue weighted by Gasteiger charge is 2.16. The third-order valence-electron chi connectivity index (χ3n) is 3.08. The summed E-state index contributed by atoms with van der Waals surface area (Å²) in [6, 6.07) is 0.369. The molecule has 0 saturated carbocycles. The summed E-state index contributed by atoms with van der Waals surface area (Å²) in [6.45, 7) is 4.98. The summed E-state index contributed by atoms with van der Waals surface area (Å²) in [5, 5.41) is 9.54. The fourth-order valence-corrected chi connectivity index (χ4v) is 1.94. The molecule has 0 aromatic rings. The van der Waals surface area contributed by atoms with E-state index in [1.165, 1.54) is 19.3 Å². The van der Waals surface area contributed by atoms with E-state index in [4.69, 9.17) is 4.74 Å². The van der Waals surface area contributed by atoms with Crippen LogP contribution < -0.4 is 16.0 Å². The molecule has 100 valence electrons. The molecule has 1 aliphatic heterocycles. The van der Waals surface area contributed by atoms with Gasteiger partial charge in [0.15, 0.2) is 0 Å². The Labute approximate surface area is 104 Å². The van der Waals surface area contributed by atoms with Crippen LogP contribution in [0.4, 0.5) is 0 Å². The molecule has 1 saturated heterocycles. The van der Waals surface area contributed by atoms with E-state index < -0.39 is 0 Å². The number of methoxy groups -OCH3 is 1. The van der Waals surface area contributed by atoms with Crippen molar-refractivity contribution in [2.75, 3.05) is 33.4 Å². The highest BCUT2D eigenvalue weighted by Crippen LogP contribution is 2.05. The summed E-state index contributed by atoms with van der Waals surface area (Å²) >= 11 is 0. The Morgan fingerprint density at radius 2 is 2.35 bits per heavy atom. The van der Waals surface area contributed by atoms with Gasteiger partial charge in [0.2, 0.25) is 5.91 Å². The number of rotatable bonds is 7. The molecule has 5 nitrogen and oxygen atoms in total. The number of nitrogens with one attached hydrogen (secondary N) is 3. The van der Waals surface area contributed by atoms with Gasteiger partial charge in [-0.1, -0.05) is 6.42 Å². The number of piperidine rings is 1. The van der Waals surface area contributed by atoms with E-state index in [1.54, 1.807) is 7.11 Å². The Balaban J connectivity index is 2.10. The Kier molecular flexibility index (Phi) is 7.16. The van der Waals surface area contributed by atoms with Gasteiger partial charge in [-0.05, 0) is 26.3 Å². The van der Waals surface area contributed by atoms with E-state index >= 15 is 0 Å². The molecule has 1 fully saturated rings. The maximum absolute atomic E-state index is 11.6. The fourth-order valence-electron chi connectivity index (χ4n) is 1.94. The summed E-state index contributed by atoms with van der Waals surface area (Å²) in [7, 11) is 1.63. The third-order valence-corrected chi connectivity index (χ3v) is 3.08. The van der Waals surface area contributed by atoms with Gasteiger partial charge in [-0.2, -0.15) is 0 Å².